The number of thiophene rings is 1. The van der Waals surface area contributed by atoms with Crippen molar-refractivity contribution in [2.75, 3.05) is 20.6 Å². The van der Waals surface area contributed by atoms with Crippen molar-refractivity contribution in [1.29, 1.82) is 0 Å². The molecule has 4 nitrogen and oxygen atoms in total. The Kier molecular flexibility index (Phi) is 6.19. The number of benzene rings is 1. The van der Waals surface area contributed by atoms with Gasteiger partial charge in [0, 0.05) is 11.4 Å². The SMILES string of the molecule is Cc1cccc(OC(C)C(=O)NCC(c2cccs2)N(C)C)c1. The van der Waals surface area contributed by atoms with Crippen molar-refractivity contribution in [1.82, 2.24) is 10.2 Å². The summed E-state index contributed by atoms with van der Waals surface area (Å²) < 4.78 is 5.72. The maximum Gasteiger partial charge on any atom is 0.260 e. The Balaban J connectivity index is 1.90. The molecule has 0 saturated heterocycles. The van der Waals surface area contributed by atoms with Crippen LogP contribution in [0, 0.1) is 6.92 Å². The van der Waals surface area contributed by atoms with Crippen LogP contribution in [0.2, 0.25) is 0 Å². The third kappa shape index (κ3) is 5.08. The highest BCUT2D eigenvalue weighted by atomic mass is 32.1. The molecule has 0 bridgehead atoms. The summed E-state index contributed by atoms with van der Waals surface area (Å²) in [5.74, 6) is 0.616. The van der Waals surface area contributed by atoms with Gasteiger partial charge < -0.3 is 15.0 Å². The molecule has 0 radical (unpaired) electrons. The van der Waals surface area contributed by atoms with Crippen LogP contribution < -0.4 is 10.1 Å². The summed E-state index contributed by atoms with van der Waals surface area (Å²) in [6, 6.07) is 12.0. The van der Waals surface area contributed by atoms with Crippen molar-refractivity contribution in [2.45, 2.75) is 26.0 Å². The quantitative estimate of drug-likeness (QED) is 0.846. The summed E-state index contributed by atoms with van der Waals surface area (Å²) in [6.07, 6.45) is -0.525. The van der Waals surface area contributed by atoms with E-state index in [1.54, 1.807) is 18.3 Å². The zero-order chi connectivity index (χ0) is 16.8. The molecule has 2 aromatic rings. The topological polar surface area (TPSA) is 41.6 Å². The van der Waals surface area contributed by atoms with E-state index in [0.717, 1.165) is 11.3 Å². The predicted molar refractivity (Wildman–Crippen MR) is 95.0 cm³/mol. The zero-order valence-electron chi connectivity index (χ0n) is 14.1. The van der Waals surface area contributed by atoms with Crippen molar-refractivity contribution in [3.63, 3.8) is 0 Å². The lowest BCUT2D eigenvalue weighted by Gasteiger charge is -2.24. The molecule has 1 aromatic carbocycles. The molecule has 5 heteroatoms. The average molecular weight is 332 g/mol. The number of ether oxygens (including phenoxy) is 1. The molecule has 0 aliphatic heterocycles. The Morgan fingerprint density at radius 2 is 2.09 bits per heavy atom. The van der Waals surface area contributed by atoms with Crippen LogP contribution in [-0.4, -0.2) is 37.6 Å². The van der Waals surface area contributed by atoms with Gasteiger partial charge in [0.1, 0.15) is 5.75 Å². The third-order valence-electron chi connectivity index (χ3n) is 3.64. The molecule has 1 heterocycles. The van der Waals surface area contributed by atoms with Crippen LogP contribution in [0.5, 0.6) is 5.75 Å². The fourth-order valence-electron chi connectivity index (χ4n) is 2.31. The highest BCUT2D eigenvalue weighted by Gasteiger charge is 2.19. The smallest absolute Gasteiger partial charge is 0.260 e. The Hall–Kier alpha value is -1.85. The molecular formula is C18H24N2O2S. The van der Waals surface area contributed by atoms with E-state index in [-0.39, 0.29) is 11.9 Å². The lowest BCUT2D eigenvalue weighted by atomic mass is 10.2. The first-order valence-electron chi connectivity index (χ1n) is 7.68. The third-order valence-corrected chi connectivity index (χ3v) is 4.61. The van der Waals surface area contributed by atoms with Crippen molar-refractivity contribution in [3.8, 4) is 5.75 Å². The summed E-state index contributed by atoms with van der Waals surface area (Å²) in [5, 5.41) is 5.04. The molecule has 2 atom stereocenters. The summed E-state index contributed by atoms with van der Waals surface area (Å²) in [7, 11) is 4.03. The highest BCUT2D eigenvalue weighted by molar-refractivity contribution is 7.10. The average Bonchev–Trinajstić information content (AvgIpc) is 3.01. The highest BCUT2D eigenvalue weighted by Crippen LogP contribution is 2.22. The van der Waals surface area contributed by atoms with Gasteiger partial charge in [0.15, 0.2) is 6.10 Å². The Bertz CT molecular complexity index is 626. The van der Waals surface area contributed by atoms with E-state index in [2.05, 4.69) is 21.7 Å². The minimum Gasteiger partial charge on any atom is -0.481 e. The number of carbonyl (C=O) groups is 1. The number of likely N-dealkylation sites (N-methyl/N-ethyl adjacent to an activating group) is 1. The molecule has 1 amide bonds. The molecule has 23 heavy (non-hydrogen) atoms. The van der Waals surface area contributed by atoms with Gasteiger partial charge in [-0.05, 0) is 57.1 Å². The largest absolute Gasteiger partial charge is 0.481 e. The van der Waals surface area contributed by atoms with Gasteiger partial charge in [-0.1, -0.05) is 18.2 Å². The predicted octanol–water partition coefficient (Wildman–Crippen LogP) is 3.24. The number of amides is 1. The molecule has 124 valence electrons. The second-order valence-corrected chi connectivity index (χ2v) is 6.80. The van der Waals surface area contributed by atoms with E-state index >= 15 is 0 Å². The fourth-order valence-corrected chi connectivity index (χ4v) is 3.23. The number of rotatable bonds is 7. The minimum atomic E-state index is -0.525. The maximum atomic E-state index is 12.3. The van der Waals surface area contributed by atoms with Crippen LogP contribution in [0.1, 0.15) is 23.4 Å². The summed E-state index contributed by atoms with van der Waals surface area (Å²) >= 11 is 1.70. The van der Waals surface area contributed by atoms with Gasteiger partial charge in [-0.3, -0.25) is 4.79 Å². The number of aryl methyl sites for hydroxylation is 1. The van der Waals surface area contributed by atoms with E-state index in [1.165, 1.54) is 4.88 Å². The molecule has 0 spiro atoms. The van der Waals surface area contributed by atoms with Crippen molar-refractivity contribution >= 4 is 17.2 Å². The molecule has 1 aromatic heterocycles. The van der Waals surface area contributed by atoms with Gasteiger partial charge >= 0.3 is 0 Å². The van der Waals surface area contributed by atoms with E-state index in [4.69, 9.17) is 4.74 Å². The standard InChI is InChI=1S/C18H24N2O2S/c1-13-7-5-8-15(11-13)22-14(2)18(21)19-12-16(20(3)4)17-9-6-10-23-17/h5-11,14,16H,12H2,1-4H3,(H,19,21). The van der Waals surface area contributed by atoms with Gasteiger partial charge in [-0.15, -0.1) is 11.3 Å². The van der Waals surface area contributed by atoms with E-state index in [9.17, 15) is 4.79 Å². The summed E-state index contributed by atoms with van der Waals surface area (Å²) in [4.78, 5) is 15.6. The maximum absolute atomic E-state index is 12.3. The van der Waals surface area contributed by atoms with Gasteiger partial charge in [0.25, 0.3) is 5.91 Å². The molecule has 0 aliphatic rings. The minimum absolute atomic E-state index is 0.102. The van der Waals surface area contributed by atoms with Gasteiger partial charge in [-0.2, -0.15) is 0 Å². The molecular weight excluding hydrogens is 308 g/mol. The normalized spacial score (nSPS) is 13.6. The molecule has 0 fully saturated rings. The van der Waals surface area contributed by atoms with Gasteiger partial charge in [-0.25, -0.2) is 0 Å². The molecule has 0 saturated carbocycles. The first kappa shape index (κ1) is 17.5. The van der Waals surface area contributed by atoms with Gasteiger partial charge in [0.2, 0.25) is 0 Å². The van der Waals surface area contributed by atoms with Crippen LogP contribution in [0.25, 0.3) is 0 Å². The van der Waals surface area contributed by atoms with Crippen LogP contribution in [0.3, 0.4) is 0 Å². The molecule has 2 unspecified atom stereocenters. The number of hydrogen-bond donors (Lipinski definition) is 1. The van der Waals surface area contributed by atoms with E-state index < -0.39 is 6.10 Å². The lowest BCUT2D eigenvalue weighted by Crippen LogP contribution is -2.40. The van der Waals surface area contributed by atoms with Crippen molar-refractivity contribution in [3.05, 3.63) is 52.2 Å². The molecule has 1 N–H and O–H groups in total. The van der Waals surface area contributed by atoms with Crippen molar-refractivity contribution < 1.29 is 9.53 Å². The fraction of sp³-hybridized carbons (Fsp3) is 0.389. The zero-order valence-corrected chi connectivity index (χ0v) is 14.9. The Morgan fingerprint density at radius 1 is 1.30 bits per heavy atom. The summed E-state index contributed by atoms with van der Waals surface area (Å²) in [5.41, 5.74) is 1.11. The van der Waals surface area contributed by atoms with Crippen LogP contribution in [0.4, 0.5) is 0 Å². The number of hydrogen-bond acceptors (Lipinski definition) is 4. The monoisotopic (exact) mass is 332 g/mol. The number of carbonyl (C=O) groups excluding carboxylic acids is 1. The van der Waals surface area contributed by atoms with Crippen LogP contribution >= 0.6 is 11.3 Å². The number of nitrogens with zero attached hydrogens (tertiary/aromatic N) is 1. The van der Waals surface area contributed by atoms with E-state index in [0.29, 0.717) is 6.54 Å². The van der Waals surface area contributed by atoms with Crippen LogP contribution in [0.15, 0.2) is 41.8 Å². The Labute approximate surface area is 142 Å². The molecule has 0 aliphatic carbocycles. The van der Waals surface area contributed by atoms with E-state index in [1.807, 2.05) is 51.4 Å². The summed E-state index contributed by atoms with van der Waals surface area (Å²) in [6.45, 7) is 4.33. The Morgan fingerprint density at radius 3 is 2.70 bits per heavy atom. The van der Waals surface area contributed by atoms with Gasteiger partial charge in [0.05, 0.1) is 6.04 Å². The first-order valence-corrected chi connectivity index (χ1v) is 8.56. The number of nitrogens with one attached hydrogen (secondary N) is 1. The van der Waals surface area contributed by atoms with Crippen molar-refractivity contribution in [2.24, 2.45) is 0 Å². The lowest BCUT2D eigenvalue weighted by molar-refractivity contribution is -0.127. The second kappa shape index (κ2) is 8.13. The molecule has 2 rings (SSSR count). The van der Waals surface area contributed by atoms with Crippen LogP contribution in [-0.2, 0) is 4.79 Å². The second-order valence-electron chi connectivity index (χ2n) is 5.82. The first-order chi connectivity index (χ1) is 11.0.